The Bertz CT molecular complexity index is 503. The Kier molecular flexibility index (Phi) is 6.45. The number of anilines is 1. The molecule has 2 N–H and O–H groups in total. The summed E-state index contributed by atoms with van der Waals surface area (Å²) in [5, 5.41) is 16.7. The van der Waals surface area contributed by atoms with Crippen molar-refractivity contribution >= 4 is 17.3 Å². The highest BCUT2D eigenvalue weighted by atomic mass is 16.6. The molecule has 0 bridgehead atoms. The minimum Gasteiger partial charge on any atom is -0.484 e. The van der Waals surface area contributed by atoms with E-state index in [1.54, 1.807) is 32.0 Å². The van der Waals surface area contributed by atoms with E-state index in [1.807, 2.05) is 6.92 Å². The largest absolute Gasteiger partial charge is 0.484 e. The van der Waals surface area contributed by atoms with Gasteiger partial charge in [0.15, 0.2) is 5.75 Å². The Hall–Kier alpha value is -2.31. The van der Waals surface area contributed by atoms with Crippen molar-refractivity contribution in [2.45, 2.75) is 33.3 Å². The monoisotopic (exact) mass is 295 g/mol. The average Bonchev–Trinajstić information content (AvgIpc) is 2.41. The molecule has 0 aliphatic heterocycles. The van der Waals surface area contributed by atoms with Crippen LogP contribution in [0.25, 0.3) is 0 Å². The van der Waals surface area contributed by atoms with Gasteiger partial charge in [-0.05, 0) is 32.4 Å². The van der Waals surface area contributed by atoms with Gasteiger partial charge in [-0.1, -0.05) is 13.0 Å². The minimum absolute atomic E-state index is 0.0219. The van der Waals surface area contributed by atoms with Crippen LogP contribution in [0.4, 0.5) is 11.4 Å². The van der Waals surface area contributed by atoms with E-state index in [0.29, 0.717) is 6.54 Å². The minimum atomic E-state index is -0.510. The first-order valence-electron chi connectivity index (χ1n) is 6.90. The molecule has 1 rings (SSSR count). The number of amides is 1. The zero-order valence-corrected chi connectivity index (χ0v) is 12.5. The fraction of sp³-hybridized carbons (Fsp3) is 0.500. The molecule has 0 radical (unpaired) electrons. The molecule has 0 spiro atoms. The Morgan fingerprint density at radius 3 is 2.71 bits per heavy atom. The molecule has 0 aromatic heterocycles. The Morgan fingerprint density at radius 2 is 2.14 bits per heavy atom. The number of nitrogens with one attached hydrogen (secondary N) is 2. The molecule has 1 aromatic carbocycles. The van der Waals surface area contributed by atoms with Crippen molar-refractivity contribution in [3.63, 3.8) is 0 Å². The number of nitro groups is 1. The first kappa shape index (κ1) is 16.7. The zero-order valence-electron chi connectivity index (χ0n) is 12.5. The molecule has 7 nitrogen and oxygen atoms in total. The molecular formula is C14H21N3O4. The maximum Gasteiger partial charge on any atom is 0.333 e. The van der Waals surface area contributed by atoms with Gasteiger partial charge in [-0.15, -0.1) is 0 Å². The Morgan fingerprint density at radius 1 is 1.43 bits per heavy atom. The lowest BCUT2D eigenvalue weighted by Gasteiger charge is -2.13. The Labute approximate surface area is 123 Å². The van der Waals surface area contributed by atoms with Gasteiger partial charge in [0, 0.05) is 6.54 Å². The summed E-state index contributed by atoms with van der Waals surface area (Å²) >= 11 is 0. The average molecular weight is 295 g/mol. The van der Waals surface area contributed by atoms with Crippen molar-refractivity contribution in [1.29, 1.82) is 0 Å². The van der Waals surface area contributed by atoms with E-state index in [9.17, 15) is 14.9 Å². The van der Waals surface area contributed by atoms with Gasteiger partial charge >= 0.3 is 5.69 Å². The second-order valence-corrected chi connectivity index (χ2v) is 4.78. The molecule has 7 heteroatoms. The fourth-order valence-corrected chi connectivity index (χ4v) is 1.70. The number of carbonyl (C=O) groups excluding carboxylic acids is 1. The van der Waals surface area contributed by atoms with Crippen LogP contribution in [0.2, 0.25) is 0 Å². The van der Waals surface area contributed by atoms with E-state index in [0.717, 1.165) is 6.42 Å². The SMILES string of the molecule is CCCNC(=O)CNc1cccc(OC(C)C)c1[N+](=O)[O-]. The van der Waals surface area contributed by atoms with Crippen LogP contribution in [0, 0.1) is 10.1 Å². The fourth-order valence-electron chi connectivity index (χ4n) is 1.70. The molecule has 0 unspecified atom stereocenters. The summed E-state index contributed by atoms with van der Waals surface area (Å²) in [6, 6.07) is 4.75. The van der Waals surface area contributed by atoms with Gasteiger partial charge in [-0.3, -0.25) is 14.9 Å². The second kappa shape index (κ2) is 8.08. The molecule has 21 heavy (non-hydrogen) atoms. The predicted octanol–water partition coefficient (Wildman–Crippen LogP) is 2.32. The number of nitro benzene ring substituents is 1. The van der Waals surface area contributed by atoms with Crippen LogP contribution in [0.5, 0.6) is 5.75 Å². The van der Waals surface area contributed by atoms with Gasteiger partial charge in [-0.2, -0.15) is 0 Å². The van der Waals surface area contributed by atoms with Crippen LogP contribution < -0.4 is 15.4 Å². The molecule has 0 fully saturated rings. The number of ether oxygens (including phenoxy) is 1. The second-order valence-electron chi connectivity index (χ2n) is 4.78. The standard InChI is InChI=1S/C14H21N3O4/c1-4-8-15-13(18)9-16-11-6-5-7-12(21-10(2)3)14(11)17(19)20/h5-7,10,16H,4,8-9H2,1-3H3,(H,15,18). The van der Waals surface area contributed by atoms with E-state index < -0.39 is 4.92 Å². The quantitative estimate of drug-likeness (QED) is 0.567. The topological polar surface area (TPSA) is 93.5 Å². The van der Waals surface area contributed by atoms with Gasteiger partial charge < -0.3 is 15.4 Å². The highest BCUT2D eigenvalue weighted by molar-refractivity contribution is 5.82. The van der Waals surface area contributed by atoms with E-state index in [-0.39, 0.29) is 35.7 Å². The molecule has 116 valence electrons. The summed E-state index contributed by atoms with van der Waals surface area (Å²) in [4.78, 5) is 22.3. The summed E-state index contributed by atoms with van der Waals surface area (Å²) in [6.45, 7) is 6.10. The highest BCUT2D eigenvalue weighted by Gasteiger charge is 2.22. The number of rotatable bonds is 8. The molecule has 0 atom stereocenters. The smallest absolute Gasteiger partial charge is 0.333 e. The summed E-state index contributed by atoms with van der Waals surface area (Å²) in [6.07, 6.45) is 0.663. The van der Waals surface area contributed by atoms with E-state index >= 15 is 0 Å². The normalized spacial score (nSPS) is 10.3. The van der Waals surface area contributed by atoms with Gasteiger partial charge in [0.05, 0.1) is 17.6 Å². The highest BCUT2D eigenvalue weighted by Crippen LogP contribution is 2.35. The summed E-state index contributed by atoms with van der Waals surface area (Å²) in [5.41, 5.74) is 0.110. The number of nitrogens with zero attached hydrogens (tertiary/aromatic N) is 1. The first-order valence-corrected chi connectivity index (χ1v) is 6.90. The maximum absolute atomic E-state index is 11.5. The van der Waals surface area contributed by atoms with Crippen molar-refractivity contribution in [2.75, 3.05) is 18.4 Å². The third-order valence-corrected chi connectivity index (χ3v) is 2.56. The lowest BCUT2D eigenvalue weighted by atomic mass is 10.2. The lowest BCUT2D eigenvalue weighted by Crippen LogP contribution is -2.30. The number of benzene rings is 1. The molecule has 0 saturated carbocycles. The molecule has 1 aromatic rings. The molecule has 1 amide bonds. The van der Waals surface area contributed by atoms with E-state index in [2.05, 4.69) is 10.6 Å². The molecule has 0 aliphatic carbocycles. The molecule has 0 aliphatic rings. The van der Waals surface area contributed by atoms with Gasteiger partial charge in [-0.25, -0.2) is 0 Å². The first-order chi connectivity index (χ1) is 9.95. The van der Waals surface area contributed by atoms with Crippen molar-refractivity contribution in [3.05, 3.63) is 28.3 Å². The molecule has 0 saturated heterocycles. The van der Waals surface area contributed by atoms with E-state index in [4.69, 9.17) is 4.74 Å². The van der Waals surface area contributed by atoms with Crippen molar-refractivity contribution < 1.29 is 14.5 Å². The van der Waals surface area contributed by atoms with Crippen molar-refractivity contribution in [1.82, 2.24) is 5.32 Å². The van der Waals surface area contributed by atoms with Crippen LogP contribution in [-0.4, -0.2) is 30.0 Å². The van der Waals surface area contributed by atoms with Crippen molar-refractivity contribution in [3.8, 4) is 5.75 Å². The van der Waals surface area contributed by atoms with Crippen LogP contribution in [0.3, 0.4) is 0 Å². The van der Waals surface area contributed by atoms with Gasteiger partial charge in [0.2, 0.25) is 5.91 Å². The number of carbonyl (C=O) groups is 1. The number of para-hydroxylation sites is 1. The third kappa shape index (κ3) is 5.29. The number of hydrogen-bond donors (Lipinski definition) is 2. The van der Waals surface area contributed by atoms with Gasteiger partial charge in [0.1, 0.15) is 5.69 Å². The van der Waals surface area contributed by atoms with Gasteiger partial charge in [0.25, 0.3) is 0 Å². The van der Waals surface area contributed by atoms with Crippen LogP contribution >= 0.6 is 0 Å². The summed E-state index contributed by atoms with van der Waals surface area (Å²) in [5.74, 6) is -0.0182. The maximum atomic E-state index is 11.5. The molecule has 0 heterocycles. The van der Waals surface area contributed by atoms with Crippen LogP contribution in [0.15, 0.2) is 18.2 Å². The van der Waals surface area contributed by atoms with Crippen LogP contribution in [-0.2, 0) is 4.79 Å². The lowest BCUT2D eigenvalue weighted by molar-refractivity contribution is -0.385. The Balaban J connectivity index is 2.86. The number of hydrogen-bond acceptors (Lipinski definition) is 5. The summed E-state index contributed by atoms with van der Waals surface area (Å²) < 4.78 is 5.44. The van der Waals surface area contributed by atoms with Crippen molar-refractivity contribution in [2.24, 2.45) is 0 Å². The van der Waals surface area contributed by atoms with E-state index in [1.165, 1.54) is 0 Å². The predicted molar refractivity (Wildman–Crippen MR) is 80.7 cm³/mol. The molecular weight excluding hydrogens is 274 g/mol. The third-order valence-electron chi connectivity index (χ3n) is 2.56. The zero-order chi connectivity index (χ0) is 15.8. The van der Waals surface area contributed by atoms with Crippen LogP contribution in [0.1, 0.15) is 27.2 Å². The summed E-state index contributed by atoms with van der Waals surface area (Å²) in [7, 11) is 0.